The predicted molar refractivity (Wildman–Crippen MR) is 104 cm³/mol. The van der Waals surface area contributed by atoms with Gasteiger partial charge in [-0.2, -0.15) is 5.10 Å². The fraction of sp³-hybridized carbons (Fsp3) is 0.700. The number of aryl methyl sites for hydroxylation is 1. The molecule has 0 aliphatic carbocycles. The van der Waals surface area contributed by atoms with Crippen molar-refractivity contribution >= 4 is 18.3 Å². The molecule has 3 aliphatic heterocycles. The minimum absolute atomic E-state index is 0.0314. The number of carbonyl (C=O) groups excluding carboxylic acids is 2. The predicted octanol–water partition coefficient (Wildman–Crippen LogP) is 1.06. The number of H-pyrrole nitrogens is 1. The van der Waals surface area contributed by atoms with Crippen molar-refractivity contribution in [2.75, 3.05) is 32.7 Å². The molecular formula is C20H30N4O5. The van der Waals surface area contributed by atoms with Gasteiger partial charge in [0.15, 0.2) is 0 Å². The number of hydrogen-bond acceptors (Lipinski definition) is 6. The highest BCUT2D eigenvalue weighted by molar-refractivity contribution is 5.80. The molecule has 1 aromatic heterocycles. The van der Waals surface area contributed by atoms with Gasteiger partial charge >= 0.3 is 5.97 Å². The summed E-state index contributed by atoms with van der Waals surface area (Å²) in [4.78, 5) is 37.7. The van der Waals surface area contributed by atoms with Gasteiger partial charge in [0, 0.05) is 38.7 Å². The van der Waals surface area contributed by atoms with E-state index in [1.807, 2.05) is 11.1 Å². The van der Waals surface area contributed by atoms with Crippen molar-refractivity contribution in [2.24, 2.45) is 5.41 Å². The van der Waals surface area contributed by atoms with Crippen molar-refractivity contribution in [3.8, 4) is 0 Å². The van der Waals surface area contributed by atoms with Crippen LogP contribution in [0, 0.1) is 5.41 Å². The SMILES string of the molecule is O=C(CCc1cn[nH]c1)N1CCC2(CC1)CC(CN1CCCC1)OC2=O.O=CO. The molecule has 1 aromatic rings. The third kappa shape index (κ3) is 5.35. The number of esters is 1. The van der Waals surface area contributed by atoms with Crippen molar-refractivity contribution in [2.45, 2.75) is 51.0 Å². The first kappa shape index (κ1) is 21.3. The quantitative estimate of drug-likeness (QED) is 0.555. The lowest BCUT2D eigenvalue weighted by Crippen LogP contribution is -2.45. The molecule has 9 heteroatoms. The van der Waals surface area contributed by atoms with Gasteiger partial charge < -0.3 is 14.7 Å². The van der Waals surface area contributed by atoms with Gasteiger partial charge in [-0.15, -0.1) is 0 Å². The van der Waals surface area contributed by atoms with E-state index in [1.165, 1.54) is 12.8 Å². The summed E-state index contributed by atoms with van der Waals surface area (Å²) in [5.41, 5.74) is 0.696. The van der Waals surface area contributed by atoms with Crippen LogP contribution in [0.15, 0.2) is 12.4 Å². The number of likely N-dealkylation sites (tertiary alicyclic amines) is 2. The van der Waals surface area contributed by atoms with Crippen molar-refractivity contribution in [3.63, 3.8) is 0 Å². The summed E-state index contributed by atoms with van der Waals surface area (Å²) < 4.78 is 5.71. The summed E-state index contributed by atoms with van der Waals surface area (Å²) in [5.74, 6) is 0.133. The zero-order valence-corrected chi connectivity index (χ0v) is 16.7. The van der Waals surface area contributed by atoms with E-state index in [0.29, 0.717) is 25.9 Å². The van der Waals surface area contributed by atoms with Crippen molar-refractivity contribution in [3.05, 3.63) is 18.0 Å². The maximum Gasteiger partial charge on any atom is 0.312 e. The number of cyclic esters (lactones) is 1. The van der Waals surface area contributed by atoms with Gasteiger partial charge in [-0.05, 0) is 50.8 Å². The van der Waals surface area contributed by atoms with Gasteiger partial charge in [0.2, 0.25) is 5.91 Å². The van der Waals surface area contributed by atoms with E-state index in [1.54, 1.807) is 6.20 Å². The minimum Gasteiger partial charge on any atom is -0.483 e. The van der Waals surface area contributed by atoms with E-state index >= 15 is 0 Å². The molecule has 3 aliphatic rings. The van der Waals surface area contributed by atoms with Crippen molar-refractivity contribution in [1.29, 1.82) is 0 Å². The van der Waals surface area contributed by atoms with Crippen LogP contribution in [-0.2, 0) is 25.5 Å². The molecule has 9 nitrogen and oxygen atoms in total. The van der Waals surface area contributed by atoms with Crippen LogP contribution in [0.5, 0.6) is 0 Å². The monoisotopic (exact) mass is 406 g/mol. The highest BCUT2D eigenvalue weighted by Crippen LogP contribution is 2.43. The third-order valence-electron chi connectivity index (χ3n) is 6.24. The highest BCUT2D eigenvalue weighted by atomic mass is 16.6. The number of aromatic amines is 1. The number of ether oxygens (including phenoxy) is 1. The molecule has 1 amide bonds. The maximum absolute atomic E-state index is 12.5. The lowest BCUT2D eigenvalue weighted by atomic mass is 9.76. The Kier molecular flexibility index (Phi) is 7.24. The molecular weight excluding hydrogens is 376 g/mol. The van der Waals surface area contributed by atoms with Gasteiger partial charge in [-0.25, -0.2) is 0 Å². The lowest BCUT2D eigenvalue weighted by molar-refractivity contribution is -0.152. The number of nitrogens with one attached hydrogen (secondary N) is 1. The number of rotatable bonds is 5. The number of carbonyl (C=O) groups is 3. The Labute approximate surface area is 170 Å². The van der Waals surface area contributed by atoms with Crippen LogP contribution in [0.1, 0.15) is 44.1 Å². The van der Waals surface area contributed by atoms with Crippen LogP contribution in [-0.4, -0.2) is 82.3 Å². The Morgan fingerprint density at radius 2 is 2.00 bits per heavy atom. The highest BCUT2D eigenvalue weighted by Gasteiger charge is 2.51. The zero-order chi connectivity index (χ0) is 20.7. The standard InChI is InChI=1S/C19H28N4O3.CH2O2/c24-17(4-3-15-12-20-21-13-15)23-9-5-19(6-10-23)11-16(26-18(19)25)14-22-7-1-2-8-22;2-1-3/h12-13,16H,1-11,14H2,(H,20,21);1H,(H,2,3). The lowest BCUT2D eigenvalue weighted by Gasteiger charge is -2.36. The van der Waals surface area contributed by atoms with Crippen LogP contribution in [0.4, 0.5) is 0 Å². The summed E-state index contributed by atoms with van der Waals surface area (Å²) in [6.07, 6.45) is 9.61. The molecule has 1 spiro atoms. The minimum atomic E-state index is -0.355. The zero-order valence-electron chi connectivity index (χ0n) is 16.7. The summed E-state index contributed by atoms with van der Waals surface area (Å²) in [6.45, 7) is 4.20. The second-order valence-electron chi connectivity index (χ2n) is 8.11. The average Bonchev–Trinajstić information content (AvgIpc) is 3.45. The van der Waals surface area contributed by atoms with E-state index in [4.69, 9.17) is 14.6 Å². The van der Waals surface area contributed by atoms with Gasteiger partial charge in [-0.1, -0.05) is 0 Å². The molecule has 160 valence electrons. The normalized spacial score (nSPS) is 23.5. The van der Waals surface area contributed by atoms with Gasteiger partial charge in [0.05, 0.1) is 11.6 Å². The molecule has 3 fully saturated rings. The van der Waals surface area contributed by atoms with E-state index in [-0.39, 0.29) is 29.9 Å². The smallest absolute Gasteiger partial charge is 0.312 e. The van der Waals surface area contributed by atoms with E-state index in [9.17, 15) is 9.59 Å². The molecule has 4 heterocycles. The number of amides is 1. The summed E-state index contributed by atoms with van der Waals surface area (Å²) >= 11 is 0. The van der Waals surface area contributed by atoms with Crippen LogP contribution >= 0.6 is 0 Å². The maximum atomic E-state index is 12.5. The summed E-state index contributed by atoms with van der Waals surface area (Å²) in [5, 5.41) is 13.6. The van der Waals surface area contributed by atoms with Crippen LogP contribution in [0.2, 0.25) is 0 Å². The second-order valence-corrected chi connectivity index (χ2v) is 8.11. The molecule has 0 aromatic carbocycles. The number of aromatic nitrogens is 2. The number of nitrogens with zero attached hydrogens (tertiary/aromatic N) is 3. The van der Waals surface area contributed by atoms with Crippen molar-refractivity contribution in [1.82, 2.24) is 20.0 Å². The second kappa shape index (κ2) is 9.87. The molecule has 3 saturated heterocycles. The molecule has 4 rings (SSSR count). The Morgan fingerprint density at radius 1 is 1.31 bits per heavy atom. The molecule has 2 N–H and O–H groups in total. The van der Waals surface area contributed by atoms with Crippen molar-refractivity contribution < 1.29 is 24.2 Å². The molecule has 1 atom stereocenters. The van der Waals surface area contributed by atoms with Crippen LogP contribution in [0.25, 0.3) is 0 Å². The molecule has 0 bridgehead atoms. The first-order valence-corrected chi connectivity index (χ1v) is 10.3. The van der Waals surface area contributed by atoms with Crippen LogP contribution in [0.3, 0.4) is 0 Å². The van der Waals surface area contributed by atoms with E-state index in [2.05, 4.69) is 15.1 Å². The fourth-order valence-corrected chi connectivity index (χ4v) is 4.61. The fourth-order valence-electron chi connectivity index (χ4n) is 4.61. The summed E-state index contributed by atoms with van der Waals surface area (Å²) in [7, 11) is 0. The number of piperidine rings is 1. The van der Waals surface area contributed by atoms with Gasteiger partial charge in [0.25, 0.3) is 6.47 Å². The van der Waals surface area contributed by atoms with Gasteiger partial charge in [0.1, 0.15) is 6.10 Å². The Hall–Kier alpha value is -2.42. The van der Waals surface area contributed by atoms with E-state index < -0.39 is 0 Å². The molecule has 29 heavy (non-hydrogen) atoms. The Balaban J connectivity index is 0.000000755. The first-order valence-electron chi connectivity index (χ1n) is 10.3. The molecule has 0 saturated carbocycles. The van der Waals surface area contributed by atoms with E-state index in [0.717, 1.165) is 44.5 Å². The molecule has 0 radical (unpaired) electrons. The number of hydrogen-bond donors (Lipinski definition) is 2. The summed E-state index contributed by atoms with van der Waals surface area (Å²) in [6, 6.07) is 0. The first-order chi connectivity index (χ1) is 14.1. The average molecular weight is 406 g/mol. The third-order valence-corrected chi connectivity index (χ3v) is 6.24. The number of carboxylic acid groups (broad SMARTS) is 1. The van der Waals surface area contributed by atoms with Crippen LogP contribution < -0.4 is 0 Å². The topological polar surface area (TPSA) is 116 Å². The molecule has 1 unspecified atom stereocenters. The largest absolute Gasteiger partial charge is 0.483 e. The Bertz CT molecular complexity index is 679. The Morgan fingerprint density at radius 3 is 2.62 bits per heavy atom. The van der Waals surface area contributed by atoms with Gasteiger partial charge in [-0.3, -0.25) is 24.4 Å².